The number of hydrogen-bond donors (Lipinski definition) is 2. The van der Waals surface area contributed by atoms with Crippen LogP contribution in [0.1, 0.15) is 32.6 Å². The molecular weight excluding hydrogens is 354 g/mol. The molecule has 0 aliphatic heterocycles. The SMILES string of the molecule is CC1CCCC/C1=N/NC(=O)CNc1ccc(Cl)cc1Br. The summed E-state index contributed by atoms with van der Waals surface area (Å²) in [5, 5.41) is 7.96. The Bertz CT molecular complexity index is 548. The molecule has 6 heteroatoms. The minimum atomic E-state index is -0.151. The molecule has 0 heterocycles. The highest BCUT2D eigenvalue weighted by Gasteiger charge is 2.16. The molecule has 1 amide bonds. The first-order valence-electron chi connectivity index (χ1n) is 7.10. The van der Waals surface area contributed by atoms with Crippen molar-refractivity contribution in [3.05, 3.63) is 27.7 Å². The predicted octanol–water partition coefficient (Wildman–Crippen LogP) is 4.20. The number of benzene rings is 1. The lowest BCUT2D eigenvalue weighted by molar-refractivity contribution is -0.119. The zero-order valence-corrected chi connectivity index (χ0v) is 14.3. The van der Waals surface area contributed by atoms with E-state index in [1.54, 1.807) is 12.1 Å². The van der Waals surface area contributed by atoms with Crippen LogP contribution in [0.15, 0.2) is 27.8 Å². The Balaban J connectivity index is 1.83. The van der Waals surface area contributed by atoms with Crippen LogP contribution in [-0.2, 0) is 4.79 Å². The second-order valence-electron chi connectivity index (χ2n) is 5.26. The fourth-order valence-corrected chi connectivity index (χ4v) is 3.14. The molecule has 1 aliphatic rings. The first-order chi connectivity index (χ1) is 10.1. The van der Waals surface area contributed by atoms with Gasteiger partial charge in [0.15, 0.2) is 0 Å². The summed E-state index contributed by atoms with van der Waals surface area (Å²) in [5.41, 5.74) is 4.56. The monoisotopic (exact) mass is 371 g/mol. The van der Waals surface area contributed by atoms with Crippen molar-refractivity contribution in [3.63, 3.8) is 0 Å². The van der Waals surface area contributed by atoms with Gasteiger partial charge in [-0.05, 0) is 59.3 Å². The minimum Gasteiger partial charge on any atom is -0.375 e. The topological polar surface area (TPSA) is 53.5 Å². The average Bonchev–Trinajstić information content (AvgIpc) is 2.45. The van der Waals surface area contributed by atoms with Crippen LogP contribution in [0.4, 0.5) is 5.69 Å². The van der Waals surface area contributed by atoms with Crippen molar-refractivity contribution in [2.24, 2.45) is 11.0 Å². The van der Waals surface area contributed by atoms with E-state index in [0.717, 1.165) is 35.1 Å². The van der Waals surface area contributed by atoms with Crippen LogP contribution >= 0.6 is 27.5 Å². The summed E-state index contributed by atoms with van der Waals surface area (Å²) in [6.45, 7) is 2.33. The van der Waals surface area contributed by atoms with Crippen LogP contribution in [0, 0.1) is 5.92 Å². The zero-order valence-electron chi connectivity index (χ0n) is 12.0. The van der Waals surface area contributed by atoms with Gasteiger partial charge in [0.2, 0.25) is 0 Å². The van der Waals surface area contributed by atoms with Gasteiger partial charge in [-0.25, -0.2) is 5.43 Å². The normalized spacial score (nSPS) is 20.3. The third-order valence-corrected chi connectivity index (χ3v) is 4.47. The van der Waals surface area contributed by atoms with Crippen molar-refractivity contribution in [3.8, 4) is 0 Å². The largest absolute Gasteiger partial charge is 0.375 e. The highest BCUT2D eigenvalue weighted by atomic mass is 79.9. The van der Waals surface area contributed by atoms with Crippen LogP contribution in [-0.4, -0.2) is 18.2 Å². The van der Waals surface area contributed by atoms with Gasteiger partial charge < -0.3 is 5.32 Å². The van der Waals surface area contributed by atoms with E-state index in [0.29, 0.717) is 10.9 Å². The van der Waals surface area contributed by atoms with Gasteiger partial charge in [0.25, 0.3) is 5.91 Å². The maximum absolute atomic E-state index is 11.8. The van der Waals surface area contributed by atoms with Crippen molar-refractivity contribution in [2.75, 3.05) is 11.9 Å². The van der Waals surface area contributed by atoms with E-state index in [2.05, 4.69) is 38.7 Å². The second kappa shape index (κ2) is 7.80. The van der Waals surface area contributed by atoms with E-state index in [-0.39, 0.29) is 12.5 Å². The van der Waals surface area contributed by atoms with E-state index < -0.39 is 0 Å². The Morgan fingerprint density at radius 3 is 3.00 bits per heavy atom. The van der Waals surface area contributed by atoms with E-state index in [4.69, 9.17) is 11.6 Å². The third kappa shape index (κ3) is 5.00. The van der Waals surface area contributed by atoms with E-state index in [1.165, 1.54) is 6.42 Å². The van der Waals surface area contributed by atoms with Crippen molar-refractivity contribution in [1.82, 2.24) is 5.43 Å². The van der Waals surface area contributed by atoms with Crippen molar-refractivity contribution in [1.29, 1.82) is 0 Å². The van der Waals surface area contributed by atoms with Crippen LogP contribution in [0.25, 0.3) is 0 Å². The summed E-state index contributed by atoms with van der Waals surface area (Å²) in [7, 11) is 0. The Hall–Kier alpha value is -1.07. The number of nitrogens with one attached hydrogen (secondary N) is 2. The summed E-state index contributed by atoms with van der Waals surface area (Å²) in [5.74, 6) is 0.319. The van der Waals surface area contributed by atoms with Gasteiger partial charge in [-0.2, -0.15) is 5.10 Å². The fraction of sp³-hybridized carbons (Fsp3) is 0.467. The number of halogens is 2. The lowest BCUT2D eigenvalue weighted by Gasteiger charge is -2.19. The van der Waals surface area contributed by atoms with Gasteiger partial charge in [0, 0.05) is 20.9 Å². The molecular formula is C15H19BrClN3O. The molecule has 0 radical (unpaired) electrons. The molecule has 1 unspecified atom stereocenters. The molecule has 1 atom stereocenters. The van der Waals surface area contributed by atoms with Gasteiger partial charge >= 0.3 is 0 Å². The second-order valence-corrected chi connectivity index (χ2v) is 6.55. The number of hydrogen-bond acceptors (Lipinski definition) is 3. The molecule has 2 rings (SSSR count). The Morgan fingerprint density at radius 1 is 1.48 bits per heavy atom. The van der Waals surface area contributed by atoms with Crippen LogP contribution in [0.2, 0.25) is 5.02 Å². The van der Waals surface area contributed by atoms with Crippen molar-refractivity contribution in [2.45, 2.75) is 32.6 Å². The Kier molecular flexibility index (Phi) is 6.06. The van der Waals surface area contributed by atoms with Gasteiger partial charge in [-0.1, -0.05) is 24.9 Å². The molecule has 2 N–H and O–H groups in total. The van der Waals surface area contributed by atoms with Crippen molar-refractivity contribution < 1.29 is 4.79 Å². The van der Waals surface area contributed by atoms with E-state index in [9.17, 15) is 4.79 Å². The minimum absolute atomic E-state index is 0.151. The molecule has 1 fully saturated rings. The summed E-state index contributed by atoms with van der Waals surface area (Å²) in [6, 6.07) is 5.39. The van der Waals surface area contributed by atoms with Gasteiger partial charge in [-0.3, -0.25) is 4.79 Å². The molecule has 0 saturated heterocycles. The molecule has 1 aromatic carbocycles. The fourth-order valence-electron chi connectivity index (χ4n) is 2.32. The number of amides is 1. The van der Waals surface area contributed by atoms with Crippen LogP contribution < -0.4 is 10.7 Å². The molecule has 1 aliphatic carbocycles. The van der Waals surface area contributed by atoms with E-state index in [1.807, 2.05) is 6.07 Å². The molecule has 0 aromatic heterocycles. The van der Waals surface area contributed by atoms with Gasteiger partial charge in [0.05, 0.1) is 6.54 Å². The van der Waals surface area contributed by atoms with Crippen LogP contribution in [0.3, 0.4) is 0 Å². The summed E-state index contributed by atoms with van der Waals surface area (Å²) >= 11 is 9.27. The molecule has 114 valence electrons. The number of carbonyl (C=O) groups excluding carboxylic acids is 1. The average molecular weight is 373 g/mol. The van der Waals surface area contributed by atoms with Gasteiger partial charge in [-0.15, -0.1) is 0 Å². The maximum Gasteiger partial charge on any atom is 0.259 e. The first-order valence-corrected chi connectivity index (χ1v) is 8.27. The number of anilines is 1. The number of carbonyl (C=O) groups is 1. The molecule has 21 heavy (non-hydrogen) atoms. The third-order valence-electron chi connectivity index (χ3n) is 3.58. The molecule has 0 spiro atoms. The Labute approximate surface area is 138 Å². The highest BCUT2D eigenvalue weighted by Crippen LogP contribution is 2.25. The molecule has 1 saturated carbocycles. The quantitative estimate of drug-likeness (QED) is 0.778. The highest BCUT2D eigenvalue weighted by molar-refractivity contribution is 9.10. The maximum atomic E-state index is 11.8. The lowest BCUT2D eigenvalue weighted by Crippen LogP contribution is -2.29. The number of rotatable bonds is 4. The standard InChI is InChI=1S/C15H19BrClN3O/c1-10-4-2-3-5-13(10)19-20-15(21)9-18-14-7-6-11(17)8-12(14)16/h6-8,10,18H,2-5,9H2,1H3,(H,20,21)/b19-13-. The van der Waals surface area contributed by atoms with Crippen LogP contribution in [0.5, 0.6) is 0 Å². The molecule has 4 nitrogen and oxygen atoms in total. The van der Waals surface area contributed by atoms with Gasteiger partial charge in [0.1, 0.15) is 0 Å². The first kappa shape index (κ1) is 16.3. The number of hydrazone groups is 1. The zero-order chi connectivity index (χ0) is 15.2. The summed E-state index contributed by atoms with van der Waals surface area (Å²) in [4.78, 5) is 11.8. The molecule has 0 bridgehead atoms. The molecule has 1 aromatic rings. The summed E-state index contributed by atoms with van der Waals surface area (Å²) < 4.78 is 0.829. The van der Waals surface area contributed by atoms with E-state index >= 15 is 0 Å². The number of nitrogens with zero attached hydrogens (tertiary/aromatic N) is 1. The van der Waals surface area contributed by atoms with Crippen molar-refractivity contribution >= 4 is 44.8 Å². The predicted molar refractivity (Wildman–Crippen MR) is 90.9 cm³/mol. The Morgan fingerprint density at radius 2 is 2.29 bits per heavy atom. The summed E-state index contributed by atoms with van der Waals surface area (Å²) in [6.07, 6.45) is 4.55. The smallest absolute Gasteiger partial charge is 0.259 e. The lowest BCUT2D eigenvalue weighted by atomic mass is 9.89.